The molecule has 0 unspecified atom stereocenters. The smallest absolute Gasteiger partial charge is 0.406 e. The summed E-state index contributed by atoms with van der Waals surface area (Å²) in [5.74, 6) is -0.188. The van der Waals surface area contributed by atoms with Crippen molar-refractivity contribution in [3.63, 3.8) is 0 Å². The lowest BCUT2D eigenvalue weighted by Crippen LogP contribution is -2.23. The summed E-state index contributed by atoms with van der Waals surface area (Å²) in [4.78, 5) is 27.5. The Morgan fingerprint density at radius 1 is 0.933 bits per heavy atom. The van der Waals surface area contributed by atoms with Crippen molar-refractivity contribution >= 4 is 22.3 Å². The van der Waals surface area contributed by atoms with Gasteiger partial charge < -0.3 is 15.0 Å². The van der Waals surface area contributed by atoms with Crippen LogP contribution in [0.25, 0.3) is 16.5 Å². The molecule has 10 heteroatoms. The van der Waals surface area contributed by atoms with Crippen molar-refractivity contribution in [1.82, 2.24) is 14.8 Å². The van der Waals surface area contributed by atoms with E-state index in [-0.39, 0.29) is 22.8 Å². The first-order valence-electron chi connectivity index (χ1n) is 8.65. The lowest BCUT2D eigenvalue weighted by Gasteiger charge is -2.13. The SMILES string of the molecule is O=c1[nH]cccc1Nc1nn(-c2ccc(OC(F)(F)F)cc2)c(=O)c2ccccc12. The van der Waals surface area contributed by atoms with E-state index in [4.69, 9.17) is 0 Å². The Morgan fingerprint density at radius 3 is 2.30 bits per heavy atom. The average Bonchev–Trinajstić information content (AvgIpc) is 2.71. The molecule has 152 valence electrons. The third kappa shape index (κ3) is 3.88. The molecule has 2 aromatic heterocycles. The number of H-pyrrole nitrogens is 1. The maximum absolute atomic E-state index is 12.9. The van der Waals surface area contributed by atoms with E-state index in [0.29, 0.717) is 10.8 Å². The molecule has 2 aromatic carbocycles. The van der Waals surface area contributed by atoms with Crippen LogP contribution in [-0.4, -0.2) is 21.1 Å². The molecule has 2 N–H and O–H groups in total. The molecular formula is C20H13F3N4O3. The minimum atomic E-state index is -4.82. The largest absolute Gasteiger partial charge is 0.573 e. The van der Waals surface area contributed by atoms with Crippen LogP contribution in [0.1, 0.15) is 0 Å². The maximum Gasteiger partial charge on any atom is 0.573 e. The van der Waals surface area contributed by atoms with Gasteiger partial charge in [0.05, 0.1) is 11.1 Å². The van der Waals surface area contributed by atoms with Gasteiger partial charge in [0, 0.05) is 11.6 Å². The number of halogens is 3. The molecule has 7 nitrogen and oxygen atoms in total. The van der Waals surface area contributed by atoms with E-state index in [1.807, 2.05) is 0 Å². The van der Waals surface area contributed by atoms with E-state index in [0.717, 1.165) is 16.8 Å². The van der Waals surface area contributed by atoms with Gasteiger partial charge in [0.1, 0.15) is 11.4 Å². The summed E-state index contributed by atoms with van der Waals surface area (Å²) in [6.45, 7) is 0. The monoisotopic (exact) mass is 414 g/mol. The summed E-state index contributed by atoms with van der Waals surface area (Å²) in [6, 6.07) is 14.6. The van der Waals surface area contributed by atoms with Gasteiger partial charge in [-0.05, 0) is 42.5 Å². The van der Waals surface area contributed by atoms with Gasteiger partial charge in [0.25, 0.3) is 11.1 Å². The van der Waals surface area contributed by atoms with Crippen molar-refractivity contribution in [1.29, 1.82) is 0 Å². The molecule has 2 heterocycles. The van der Waals surface area contributed by atoms with Crippen molar-refractivity contribution in [2.45, 2.75) is 6.36 Å². The second kappa shape index (κ2) is 7.39. The zero-order valence-electron chi connectivity index (χ0n) is 15.1. The van der Waals surface area contributed by atoms with Crippen LogP contribution in [0.4, 0.5) is 24.7 Å². The molecule has 0 saturated carbocycles. The molecule has 0 bridgehead atoms. The van der Waals surface area contributed by atoms with Gasteiger partial charge in [-0.25, -0.2) is 0 Å². The van der Waals surface area contributed by atoms with Gasteiger partial charge >= 0.3 is 6.36 Å². The van der Waals surface area contributed by atoms with Crippen LogP contribution >= 0.6 is 0 Å². The molecule has 0 aliphatic rings. The molecule has 0 spiro atoms. The van der Waals surface area contributed by atoms with Crippen LogP contribution in [0.2, 0.25) is 0 Å². The lowest BCUT2D eigenvalue weighted by atomic mass is 10.2. The summed E-state index contributed by atoms with van der Waals surface area (Å²) < 4.78 is 42.0. The minimum Gasteiger partial charge on any atom is -0.406 e. The fourth-order valence-electron chi connectivity index (χ4n) is 2.89. The average molecular weight is 414 g/mol. The number of hydrogen-bond acceptors (Lipinski definition) is 5. The van der Waals surface area contributed by atoms with Crippen LogP contribution in [0.5, 0.6) is 5.75 Å². The predicted octanol–water partition coefficient (Wildman–Crippen LogP) is 3.72. The second-order valence-electron chi connectivity index (χ2n) is 6.19. The number of anilines is 2. The van der Waals surface area contributed by atoms with E-state index >= 15 is 0 Å². The highest BCUT2D eigenvalue weighted by molar-refractivity contribution is 5.92. The lowest BCUT2D eigenvalue weighted by molar-refractivity contribution is -0.274. The Labute approximate surface area is 166 Å². The number of ether oxygens (including phenoxy) is 1. The number of rotatable bonds is 4. The first kappa shape index (κ1) is 19.2. The number of alkyl halides is 3. The molecule has 0 amide bonds. The highest BCUT2D eigenvalue weighted by Gasteiger charge is 2.31. The van der Waals surface area contributed by atoms with Crippen molar-refractivity contribution in [3.8, 4) is 11.4 Å². The molecule has 4 aromatic rings. The first-order chi connectivity index (χ1) is 14.3. The number of benzene rings is 2. The third-order valence-corrected chi connectivity index (χ3v) is 4.19. The van der Waals surface area contributed by atoms with Crippen LogP contribution in [0.3, 0.4) is 0 Å². The Kier molecular flexibility index (Phi) is 4.74. The number of aromatic amines is 1. The molecular weight excluding hydrogens is 401 g/mol. The van der Waals surface area contributed by atoms with Gasteiger partial charge in [0.2, 0.25) is 0 Å². The van der Waals surface area contributed by atoms with Gasteiger partial charge in [-0.15, -0.1) is 18.3 Å². The Morgan fingerprint density at radius 2 is 1.63 bits per heavy atom. The quantitative estimate of drug-likeness (QED) is 0.531. The maximum atomic E-state index is 12.9. The van der Waals surface area contributed by atoms with Crippen LogP contribution in [-0.2, 0) is 0 Å². The summed E-state index contributed by atoms with van der Waals surface area (Å²) >= 11 is 0. The van der Waals surface area contributed by atoms with Crippen LogP contribution in [0, 0.1) is 0 Å². The van der Waals surface area contributed by atoms with Crippen molar-refractivity contribution < 1.29 is 17.9 Å². The molecule has 0 radical (unpaired) electrons. The van der Waals surface area contributed by atoms with E-state index in [1.165, 1.54) is 18.3 Å². The molecule has 30 heavy (non-hydrogen) atoms. The molecule has 0 atom stereocenters. The second-order valence-corrected chi connectivity index (χ2v) is 6.19. The van der Waals surface area contributed by atoms with Crippen molar-refractivity contribution in [3.05, 3.63) is 87.6 Å². The highest BCUT2D eigenvalue weighted by Crippen LogP contribution is 2.25. The number of aromatic nitrogens is 3. The fraction of sp³-hybridized carbons (Fsp3) is 0.0500. The summed E-state index contributed by atoms with van der Waals surface area (Å²) in [7, 11) is 0. The Balaban J connectivity index is 1.83. The van der Waals surface area contributed by atoms with E-state index in [9.17, 15) is 22.8 Å². The number of pyridine rings is 1. The summed E-state index contributed by atoms with van der Waals surface area (Å²) in [5, 5.41) is 8.00. The van der Waals surface area contributed by atoms with Gasteiger partial charge in [-0.2, -0.15) is 4.68 Å². The summed E-state index contributed by atoms with van der Waals surface area (Å²) in [6.07, 6.45) is -3.34. The normalized spacial score (nSPS) is 11.4. The zero-order valence-corrected chi connectivity index (χ0v) is 15.1. The van der Waals surface area contributed by atoms with E-state index in [2.05, 4.69) is 20.1 Å². The van der Waals surface area contributed by atoms with E-state index < -0.39 is 17.7 Å². The van der Waals surface area contributed by atoms with Crippen molar-refractivity contribution in [2.24, 2.45) is 0 Å². The van der Waals surface area contributed by atoms with Gasteiger partial charge in [0.15, 0.2) is 5.82 Å². The van der Waals surface area contributed by atoms with Gasteiger partial charge in [-0.1, -0.05) is 18.2 Å². The zero-order chi connectivity index (χ0) is 21.3. The predicted molar refractivity (Wildman–Crippen MR) is 104 cm³/mol. The number of fused-ring (bicyclic) bond motifs is 1. The fourth-order valence-corrected chi connectivity index (χ4v) is 2.89. The first-order valence-corrected chi connectivity index (χ1v) is 8.65. The number of hydrogen-bond donors (Lipinski definition) is 2. The molecule has 0 aliphatic carbocycles. The highest BCUT2D eigenvalue weighted by atomic mass is 19.4. The minimum absolute atomic E-state index is 0.217. The molecule has 0 aliphatic heterocycles. The number of nitrogens with one attached hydrogen (secondary N) is 2. The van der Waals surface area contributed by atoms with E-state index in [1.54, 1.807) is 36.4 Å². The van der Waals surface area contributed by atoms with Gasteiger partial charge in [-0.3, -0.25) is 9.59 Å². The Hall–Kier alpha value is -4.08. The van der Waals surface area contributed by atoms with Crippen molar-refractivity contribution in [2.75, 3.05) is 5.32 Å². The molecule has 4 rings (SSSR count). The van der Waals surface area contributed by atoms with Crippen LogP contribution < -0.4 is 21.2 Å². The number of nitrogens with zero attached hydrogens (tertiary/aromatic N) is 2. The topological polar surface area (TPSA) is 89.0 Å². The standard InChI is InChI=1S/C20H13F3N4O3/c21-20(22,23)30-13-9-7-12(8-10-13)27-19(29)15-5-2-1-4-14(15)17(26-27)25-16-6-3-11-24-18(16)28/h1-11H,(H,24,28)(H,25,26). The van der Waals surface area contributed by atoms with Crippen LogP contribution in [0.15, 0.2) is 76.4 Å². The third-order valence-electron chi connectivity index (χ3n) is 4.19. The summed E-state index contributed by atoms with van der Waals surface area (Å²) in [5.41, 5.74) is -0.406. The molecule has 0 saturated heterocycles. The molecule has 0 fully saturated rings. The Bertz CT molecular complexity index is 1330.